The molecule has 0 radical (unpaired) electrons. The Morgan fingerprint density at radius 3 is 2.67 bits per heavy atom. The Morgan fingerprint density at radius 1 is 1.19 bits per heavy atom. The van der Waals surface area contributed by atoms with E-state index >= 15 is 0 Å². The molecule has 0 fully saturated rings. The number of halogens is 1. The highest BCUT2D eigenvalue weighted by Crippen LogP contribution is 2.47. The van der Waals surface area contributed by atoms with E-state index in [4.69, 9.17) is 25.8 Å². The van der Waals surface area contributed by atoms with Crippen LogP contribution in [0.15, 0.2) is 41.6 Å². The zero-order valence-corrected chi connectivity index (χ0v) is 21.9. The van der Waals surface area contributed by atoms with E-state index in [0.717, 1.165) is 18.6 Å². The molecule has 36 heavy (non-hydrogen) atoms. The first-order valence-electron chi connectivity index (χ1n) is 11.3. The number of unbranched alkanes of at least 4 members (excludes halogenated alkanes) is 1. The lowest BCUT2D eigenvalue weighted by molar-refractivity contribution is -0.132. The van der Waals surface area contributed by atoms with E-state index in [1.165, 1.54) is 43.7 Å². The summed E-state index contributed by atoms with van der Waals surface area (Å²) < 4.78 is 17.3. The zero-order chi connectivity index (χ0) is 25.8. The maximum absolute atomic E-state index is 13.1. The van der Waals surface area contributed by atoms with Crippen LogP contribution in [0.5, 0.6) is 17.4 Å². The summed E-state index contributed by atoms with van der Waals surface area (Å²) in [5, 5.41) is 9.45. The van der Waals surface area contributed by atoms with Gasteiger partial charge in [-0.2, -0.15) is 4.98 Å². The molecular formula is C25H25ClN4O5S. The molecule has 1 unspecified atom stereocenters. The fourth-order valence-electron chi connectivity index (χ4n) is 3.80. The average Bonchev–Trinajstić information content (AvgIpc) is 2.99. The van der Waals surface area contributed by atoms with Crippen LogP contribution in [0.1, 0.15) is 45.4 Å². The van der Waals surface area contributed by atoms with Crippen molar-refractivity contribution in [1.82, 2.24) is 15.2 Å². The molecule has 1 aliphatic heterocycles. The molecule has 11 heteroatoms. The molecule has 3 aromatic rings. The van der Waals surface area contributed by atoms with Gasteiger partial charge in [0.05, 0.1) is 18.4 Å². The molecule has 0 aliphatic carbocycles. The summed E-state index contributed by atoms with van der Waals surface area (Å²) >= 11 is 7.87. The third kappa shape index (κ3) is 5.24. The second-order valence-electron chi connectivity index (χ2n) is 7.95. The SMILES string of the molecule is CCCCSc1nnc2c(n1)OC(c1cc(Cl)cc(OC)c1OC(C)=O)N(C(C)=O)c1ccccc1-2. The van der Waals surface area contributed by atoms with Crippen LogP contribution in [0, 0.1) is 0 Å². The molecule has 2 aromatic carbocycles. The van der Waals surface area contributed by atoms with Gasteiger partial charge >= 0.3 is 5.97 Å². The number of nitrogens with zero attached hydrogens (tertiary/aromatic N) is 4. The quantitative estimate of drug-likeness (QED) is 0.171. The number of anilines is 1. The first-order chi connectivity index (χ1) is 17.3. The van der Waals surface area contributed by atoms with Crippen molar-refractivity contribution in [2.24, 2.45) is 0 Å². The highest BCUT2D eigenvalue weighted by Gasteiger charge is 2.37. The smallest absolute Gasteiger partial charge is 0.308 e. The molecule has 4 rings (SSSR count). The fraction of sp³-hybridized carbons (Fsp3) is 0.320. The minimum absolute atomic E-state index is 0.0890. The summed E-state index contributed by atoms with van der Waals surface area (Å²) in [6.07, 6.45) is 0.946. The summed E-state index contributed by atoms with van der Waals surface area (Å²) in [5.41, 5.74) is 1.86. The van der Waals surface area contributed by atoms with Gasteiger partial charge in [0.1, 0.15) is 0 Å². The third-order valence-electron chi connectivity index (χ3n) is 5.36. The topological polar surface area (TPSA) is 104 Å². The van der Waals surface area contributed by atoms with Crippen LogP contribution in [0.25, 0.3) is 11.3 Å². The molecule has 0 N–H and O–H groups in total. The van der Waals surface area contributed by atoms with Gasteiger partial charge in [0.2, 0.25) is 23.2 Å². The minimum Gasteiger partial charge on any atom is -0.493 e. The number of hydrogen-bond donors (Lipinski definition) is 0. The number of methoxy groups -OCH3 is 1. The molecule has 1 aliphatic rings. The summed E-state index contributed by atoms with van der Waals surface area (Å²) in [7, 11) is 1.43. The maximum Gasteiger partial charge on any atom is 0.308 e. The van der Waals surface area contributed by atoms with Crippen LogP contribution >= 0.6 is 23.4 Å². The van der Waals surface area contributed by atoms with E-state index in [0.29, 0.717) is 32.7 Å². The summed E-state index contributed by atoms with van der Waals surface area (Å²) in [5.74, 6) is 0.439. The Bertz CT molecular complexity index is 1310. The molecular weight excluding hydrogens is 504 g/mol. The normalized spacial score (nSPS) is 14.2. The van der Waals surface area contributed by atoms with Crippen molar-refractivity contribution in [2.45, 2.75) is 45.0 Å². The molecule has 0 saturated carbocycles. The van der Waals surface area contributed by atoms with Gasteiger partial charge in [0, 0.05) is 36.3 Å². The van der Waals surface area contributed by atoms with Gasteiger partial charge in [0.25, 0.3) is 0 Å². The van der Waals surface area contributed by atoms with E-state index < -0.39 is 12.2 Å². The largest absolute Gasteiger partial charge is 0.493 e. The predicted molar refractivity (Wildman–Crippen MR) is 137 cm³/mol. The molecule has 2 heterocycles. The van der Waals surface area contributed by atoms with E-state index in [2.05, 4.69) is 22.1 Å². The average molecular weight is 529 g/mol. The molecule has 1 aromatic heterocycles. The number of esters is 1. The Morgan fingerprint density at radius 2 is 1.97 bits per heavy atom. The van der Waals surface area contributed by atoms with Crippen molar-refractivity contribution in [2.75, 3.05) is 17.8 Å². The Balaban J connectivity index is 1.95. The van der Waals surface area contributed by atoms with Crippen molar-refractivity contribution in [3.8, 4) is 28.6 Å². The van der Waals surface area contributed by atoms with Crippen molar-refractivity contribution in [3.63, 3.8) is 0 Å². The lowest BCUT2D eigenvalue weighted by Crippen LogP contribution is -2.36. The van der Waals surface area contributed by atoms with Gasteiger partial charge in [-0.1, -0.05) is 54.9 Å². The summed E-state index contributed by atoms with van der Waals surface area (Å²) in [4.78, 5) is 31.1. The van der Waals surface area contributed by atoms with Crippen molar-refractivity contribution in [3.05, 3.63) is 47.0 Å². The highest BCUT2D eigenvalue weighted by atomic mass is 35.5. The van der Waals surface area contributed by atoms with Crippen LogP contribution in [0.3, 0.4) is 0 Å². The minimum atomic E-state index is -1.10. The van der Waals surface area contributed by atoms with Gasteiger partial charge in [-0.15, -0.1) is 10.2 Å². The van der Waals surface area contributed by atoms with Crippen molar-refractivity contribution < 1.29 is 23.8 Å². The number of amides is 1. The number of fused-ring (bicyclic) bond motifs is 3. The second kappa shape index (κ2) is 11.1. The van der Waals surface area contributed by atoms with Gasteiger partial charge in [0.15, 0.2) is 17.2 Å². The van der Waals surface area contributed by atoms with Crippen LogP contribution in [0.2, 0.25) is 5.02 Å². The van der Waals surface area contributed by atoms with E-state index in [9.17, 15) is 9.59 Å². The number of benzene rings is 2. The standard InChI is InChI=1S/C25H25ClN4O5S/c1-5-6-11-36-25-27-23-21(28-29-25)17-9-7-8-10-19(17)30(14(2)31)24(35-23)18-12-16(26)13-20(33-4)22(18)34-15(3)32/h7-10,12-13,24H,5-6,11H2,1-4H3. The first-order valence-corrected chi connectivity index (χ1v) is 12.7. The number of ether oxygens (including phenoxy) is 3. The number of carbonyl (C=O) groups excluding carboxylic acids is 2. The Hall–Kier alpha value is -3.37. The molecule has 0 bridgehead atoms. The van der Waals surface area contributed by atoms with Gasteiger partial charge in [-0.25, -0.2) is 0 Å². The van der Waals surface area contributed by atoms with Gasteiger partial charge < -0.3 is 14.2 Å². The summed E-state index contributed by atoms with van der Waals surface area (Å²) in [6.45, 7) is 4.80. The number of para-hydroxylation sites is 1. The van der Waals surface area contributed by atoms with E-state index in [1.807, 2.05) is 12.1 Å². The molecule has 0 saturated heterocycles. The van der Waals surface area contributed by atoms with E-state index in [1.54, 1.807) is 18.2 Å². The number of thioether (sulfide) groups is 1. The van der Waals surface area contributed by atoms with Crippen LogP contribution < -0.4 is 19.1 Å². The Kier molecular flexibility index (Phi) is 7.95. The maximum atomic E-state index is 13.1. The third-order valence-corrected chi connectivity index (χ3v) is 6.50. The molecule has 9 nitrogen and oxygen atoms in total. The summed E-state index contributed by atoms with van der Waals surface area (Å²) in [6, 6.07) is 10.3. The van der Waals surface area contributed by atoms with Crippen molar-refractivity contribution in [1.29, 1.82) is 0 Å². The molecule has 0 spiro atoms. The lowest BCUT2D eigenvalue weighted by Gasteiger charge is -2.31. The first kappa shape index (κ1) is 25.7. The molecule has 188 valence electrons. The predicted octanol–water partition coefficient (Wildman–Crippen LogP) is 5.46. The van der Waals surface area contributed by atoms with Crippen molar-refractivity contribution >= 4 is 40.9 Å². The monoisotopic (exact) mass is 528 g/mol. The van der Waals surface area contributed by atoms with Gasteiger partial charge in [-0.05, 0) is 18.6 Å². The van der Waals surface area contributed by atoms with Gasteiger partial charge in [-0.3, -0.25) is 14.5 Å². The number of carbonyl (C=O) groups is 2. The highest BCUT2D eigenvalue weighted by molar-refractivity contribution is 7.99. The fourth-order valence-corrected chi connectivity index (χ4v) is 4.88. The lowest BCUT2D eigenvalue weighted by atomic mass is 10.1. The van der Waals surface area contributed by atoms with E-state index in [-0.39, 0.29) is 23.3 Å². The Labute approximate surface area is 218 Å². The number of rotatable bonds is 7. The second-order valence-corrected chi connectivity index (χ2v) is 9.45. The molecule has 1 atom stereocenters. The van der Waals surface area contributed by atoms with Crippen LogP contribution in [0.4, 0.5) is 5.69 Å². The number of aromatic nitrogens is 3. The van der Waals surface area contributed by atoms with Crippen LogP contribution in [-0.2, 0) is 9.59 Å². The van der Waals surface area contributed by atoms with Crippen LogP contribution in [-0.4, -0.2) is 39.9 Å². The number of hydrogen-bond acceptors (Lipinski definition) is 9. The zero-order valence-electron chi connectivity index (χ0n) is 20.3. The molecule has 1 amide bonds.